The number of rotatable bonds is 6. The van der Waals surface area contributed by atoms with Gasteiger partial charge in [-0.2, -0.15) is 20.1 Å². The van der Waals surface area contributed by atoms with E-state index in [9.17, 15) is 0 Å². The molecule has 0 fully saturated rings. The van der Waals surface area contributed by atoms with Gasteiger partial charge in [0, 0.05) is 6.61 Å². The van der Waals surface area contributed by atoms with E-state index in [2.05, 4.69) is 6.92 Å². The van der Waals surface area contributed by atoms with Gasteiger partial charge in [0.1, 0.15) is 0 Å². The molecule has 0 aliphatic rings. The molecule has 0 saturated heterocycles. The highest BCUT2D eigenvalue weighted by Crippen LogP contribution is 2.02. The fraction of sp³-hybridized carbons (Fsp3) is 1.00. The lowest BCUT2D eigenvalue weighted by molar-refractivity contribution is 0.325. The third-order valence-corrected chi connectivity index (χ3v) is 2.49. The normalized spacial score (nSPS) is 9.90. The Kier molecular flexibility index (Phi) is 9.05. The van der Waals surface area contributed by atoms with Crippen molar-refractivity contribution < 1.29 is 3.79 Å². The molecule has 4 heteroatoms. The van der Waals surface area contributed by atoms with Crippen LogP contribution in [0.25, 0.3) is 0 Å². The van der Waals surface area contributed by atoms with Gasteiger partial charge >= 0.3 is 12.6 Å². The van der Waals surface area contributed by atoms with E-state index in [1.807, 2.05) is 0 Å². The molecule has 0 aromatic rings. The van der Waals surface area contributed by atoms with Gasteiger partial charge in [0.2, 0.25) is 0 Å². The Balaban J connectivity index is 2.77. The average molecular weight is 199 g/mol. The summed E-state index contributed by atoms with van der Waals surface area (Å²) in [4.78, 5) is 0. The standard InChI is InChI=1S/C6H13O.Al.2ClH/c1-2-3-4-5-6-7;;;/h2-6H2,1H3;;2*1H/q-1;+3;;/p-2. The topological polar surface area (TPSA) is 9.23 Å². The van der Waals surface area contributed by atoms with E-state index in [0.717, 1.165) is 13.0 Å². The highest BCUT2D eigenvalue weighted by molar-refractivity contribution is 7.30. The molecular weight excluding hydrogens is 186 g/mol. The Bertz CT molecular complexity index is 70.8. The lowest BCUT2D eigenvalue weighted by Gasteiger charge is -2.00. The molecule has 0 unspecified atom stereocenters. The Morgan fingerprint density at radius 3 is 2.40 bits per heavy atom. The molecule has 0 radical (unpaired) electrons. The SMILES string of the molecule is CCCCCC[O][Al]([Cl])[Cl]. The molecule has 0 rings (SSSR count). The van der Waals surface area contributed by atoms with E-state index in [1.165, 1.54) is 19.3 Å². The predicted octanol–water partition coefficient (Wildman–Crippen LogP) is 3.05. The maximum absolute atomic E-state index is 5.47. The highest BCUT2D eigenvalue weighted by Gasteiger charge is 2.12. The smallest absolute Gasteiger partial charge is 0.477 e. The lowest BCUT2D eigenvalue weighted by Crippen LogP contribution is -2.03. The van der Waals surface area contributed by atoms with Crippen LogP contribution in [0.15, 0.2) is 0 Å². The first-order valence-electron chi connectivity index (χ1n) is 3.67. The summed E-state index contributed by atoms with van der Waals surface area (Å²) in [6.07, 6.45) is 4.85. The molecule has 0 aromatic heterocycles. The third kappa shape index (κ3) is 9.07. The van der Waals surface area contributed by atoms with Crippen LogP contribution in [-0.4, -0.2) is 19.2 Å². The first-order chi connectivity index (χ1) is 4.77. The van der Waals surface area contributed by atoms with Crippen molar-refractivity contribution in [2.45, 2.75) is 32.6 Å². The number of hydrogen-bond acceptors (Lipinski definition) is 1. The van der Waals surface area contributed by atoms with Crippen LogP contribution in [0.5, 0.6) is 0 Å². The van der Waals surface area contributed by atoms with Gasteiger partial charge in [-0.05, 0) is 6.42 Å². The molecule has 0 aliphatic heterocycles. The Hall–Kier alpha value is 1.07. The molecule has 0 heterocycles. The molecule has 10 heavy (non-hydrogen) atoms. The second-order valence-corrected chi connectivity index (χ2v) is 6.10. The largest absolute Gasteiger partial charge is 0.725 e. The van der Waals surface area contributed by atoms with E-state index in [0.29, 0.717) is 0 Å². The predicted molar refractivity (Wildman–Crippen MR) is 47.6 cm³/mol. The summed E-state index contributed by atoms with van der Waals surface area (Å²) in [6, 6.07) is 0. The van der Waals surface area contributed by atoms with Gasteiger partial charge in [-0.3, -0.25) is 0 Å². The molecule has 0 spiro atoms. The zero-order valence-corrected chi connectivity index (χ0v) is 8.94. The van der Waals surface area contributed by atoms with Crippen molar-refractivity contribution in [3.8, 4) is 0 Å². The quantitative estimate of drug-likeness (QED) is 0.471. The Morgan fingerprint density at radius 2 is 1.90 bits per heavy atom. The summed E-state index contributed by atoms with van der Waals surface area (Å²) >= 11 is -1.78. The average Bonchev–Trinajstić information content (AvgIpc) is 1.87. The number of hydrogen-bond donors (Lipinski definition) is 0. The summed E-state index contributed by atoms with van der Waals surface area (Å²) < 4.78 is 5.06. The van der Waals surface area contributed by atoms with Gasteiger partial charge in [-0.15, -0.1) is 0 Å². The highest BCUT2D eigenvalue weighted by atomic mass is 35.7. The molecule has 0 amide bonds. The monoisotopic (exact) mass is 198 g/mol. The van der Waals surface area contributed by atoms with E-state index < -0.39 is 12.6 Å². The van der Waals surface area contributed by atoms with Crippen LogP contribution in [0.3, 0.4) is 0 Å². The fourth-order valence-electron chi connectivity index (χ4n) is 0.701. The van der Waals surface area contributed by atoms with Crippen LogP contribution >= 0.6 is 20.1 Å². The van der Waals surface area contributed by atoms with Crippen LogP contribution in [-0.2, 0) is 3.79 Å². The first kappa shape index (κ1) is 11.1. The summed E-state index contributed by atoms with van der Waals surface area (Å²) in [5, 5.41) is 0. The van der Waals surface area contributed by atoms with Gasteiger partial charge < -0.3 is 3.79 Å². The number of halogens is 2. The summed E-state index contributed by atoms with van der Waals surface area (Å²) in [7, 11) is 10.9. The molecule has 0 saturated carbocycles. The molecule has 60 valence electrons. The minimum absolute atomic E-state index is 0.740. The Morgan fingerprint density at radius 1 is 1.20 bits per heavy atom. The van der Waals surface area contributed by atoms with Crippen molar-refractivity contribution in [1.82, 2.24) is 0 Å². The first-order valence-corrected chi connectivity index (χ1v) is 7.63. The molecule has 1 nitrogen and oxygen atoms in total. The van der Waals surface area contributed by atoms with Gasteiger partial charge in [0.15, 0.2) is 0 Å². The number of unbranched alkanes of at least 4 members (excludes halogenated alkanes) is 3. The van der Waals surface area contributed by atoms with Gasteiger partial charge in [0.25, 0.3) is 0 Å². The van der Waals surface area contributed by atoms with Gasteiger partial charge in [-0.1, -0.05) is 26.2 Å². The van der Waals surface area contributed by atoms with E-state index in [-0.39, 0.29) is 0 Å². The van der Waals surface area contributed by atoms with Crippen molar-refractivity contribution in [1.29, 1.82) is 0 Å². The van der Waals surface area contributed by atoms with E-state index in [4.69, 9.17) is 23.9 Å². The molecule has 0 aliphatic carbocycles. The van der Waals surface area contributed by atoms with E-state index in [1.54, 1.807) is 0 Å². The fourth-order valence-corrected chi connectivity index (χ4v) is 1.58. The second-order valence-electron chi connectivity index (χ2n) is 2.19. The van der Waals surface area contributed by atoms with Crippen molar-refractivity contribution in [3.05, 3.63) is 0 Å². The van der Waals surface area contributed by atoms with Crippen molar-refractivity contribution in [3.63, 3.8) is 0 Å². The van der Waals surface area contributed by atoms with Crippen molar-refractivity contribution >= 4 is 32.7 Å². The summed E-state index contributed by atoms with van der Waals surface area (Å²) in [5.74, 6) is 0. The minimum Gasteiger partial charge on any atom is -0.477 e. The lowest BCUT2D eigenvalue weighted by atomic mass is 10.2. The molecule has 0 bridgehead atoms. The van der Waals surface area contributed by atoms with Gasteiger partial charge in [-0.25, -0.2) is 0 Å². The molecule has 0 atom stereocenters. The van der Waals surface area contributed by atoms with E-state index >= 15 is 0 Å². The zero-order chi connectivity index (χ0) is 7.82. The minimum atomic E-state index is -1.78. The van der Waals surface area contributed by atoms with Crippen molar-refractivity contribution in [2.75, 3.05) is 6.61 Å². The third-order valence-electron chi connectivity index (χ3n) is 1.24. The maximum Gasteiger partial charge on any atom is 0.725 e. The second kappa shape index (κ2) is 8.17. The summed E-state index contributed by atoms with van der Waals surface area (Å²) in [6.45, 7) is 2.92. The van der Waals surface area contributed by atoms with Crippen LogP contribution in [0, 0.1) is 0 Å². The molecule has 0 aromatic carbocycles. The molecular formula is C6H13AlCl2O. The van der Waals surface area contributed by atoms with Crippen LogP contribution in [0.4, 0.5) is 0 Å². The zero-order valence-electron chi connectivity index (χ0n) is 6.28. The summed E-state index contributed by atoms with van der Waals surface area (Å²) in [5.41, 5.74) is 0. The van der Waals surface area contributed by atoms with Crippen LogP contribution < -0.4 is 0 Å². The van der Waals surface area contributed by atoms with Crippen molar-refractivity contribution in [2.24, 2.45) is 0 Å². The van der Waals surface area contributed by atoms with Gasteiger partial charge in [0.05, 0.1) is 0 Å². The Labute approximate surface area is 75.8 Å². The molecule has 0 N–H and O–H groups in total. The van der Waals surface area contributed by atoms with Crippen LogP contribution in [0.1, 0.15) is 32.6 Å². The maximum atomic E-state index is 5.47. The van der Waals surface area contributed by atoms with Crippen LogP contribution in [0.2, 0.25) is 0 Å².